The number of carboxylic acid groups (broad SMARTS) is 1. The Kier molecular flexibility index (Phi) is 7.78. The van der Waals surface area contributed by atoms with E-state index in [1.165, 1.54) is 0 Å². The van der Waals surface area contributed by atoms with Gasteiger partial charge in [-0.25, -0.2) is 14.5 Å². The molecule has 1 aromatic heterocycles. The molecule has 0 unspecified atom stereocenters. The first-order valence-electron chi connectivity index (χ1n) is 9.86. The topological polar surface area (TPSA) is 105 Å². The first kappa shape index (κ1) is 24.8. The number of hydrogen-bond acceptors (Lipinski definition) is 4. The number of benzene rings is 2. The maximum Gasteiger partial charge on any atom is 0.396 e. The molecule has 3 rings (SSSR count). The molecule has 0 saturated heterocycles. The van der Waals surface area contributed by atoms with E-state index in [0.717, 1.165) is 15.0 Å². The lowest BCUT2D eigenvalue weighted by Gasteiger charge is -2.19. The van der Waals surface area contributed by atoms with Crippen molar-refractivity contribution in [2.24, 2.45) is 0 Å². The fourth-order valence-corrected chi connectivity index (χ4v) is 4.01. The summed E-state index contributed by atoms with van der Waals surface area (Å²) in [6.45, 7) is 3.51. The van der Waals surface area contributed by atoms with Crippen LogP contribution in [0.15, 0.2) is 46.9 Å². The van der Waals surface area contributed by atoms with E-state index in [1.807, 2.05) is 31.2 Å². The zero-order chi connectivity index (χ0) is 24.3. The highest BCUT2D eigenvalue weighted by molar-refractivity contribution is 9.10. The minimum Gasteiger partial charge on any atom is -0.474 e. The smallest absolute Gasteiger partial charge is 0.396 e. The molecule has 2 amide bonds. The number of hydrogen-bond donors (Lipinski definition) is 2. The van der Waals surface area contributed by atoms with E-state index in [2.05, 4.69) is 26.5 Å². The van der Waals surface area contributed by atoms with Crippen molar-refractivity contribution in [3.05, 3.63) is 68.2 Å². The molecule has 3 aromatic rings. The molecule has 11 heteroatoms. The molecule has 0 bridgehead atoms. The van der Waals surface area contributed by atoms with Crippen LogP contribution in [0.3, 0.4) is 0 Å². The van der Waals surface area contributed by atoms with E-state index in [4.69, 9.17) is 28.3 Å². The zero-order valence-corrected chi connectivity index (χ0v) is 20.7. The zero-order valence-electron chi connectivity index (χ0n) is 17.6. The van der Waals surface area contributed by atoms with Crippen LogP contribution in [0, 0.1) is 0 Å². The molecule has 0 saturated carbocycles. The van der Waals surface area contributed by atoms with Gasteiger partial charge in [-0.05, 0) is 43.7 Å². The molecule has 1 heterocycles. The van der Waals surface area contributed by atoms with Gasteiger partial charge in [-0.1, -0.05) is 58.2 Å². The number of carbonyl (C=O) groups excluding carboxylic acids is 2. The van der Waals surface area contributed by atoms with Crippen molar-refractivity contribution in [3.63, 3.8) is 0 Å². The summed E-state index contributed by atoms with van der Waals surface area (Å²) in [4.78, 5) is 35.9. The molecule has 0 radical (unpaired) electrons. The van der Waals surface area contributed by atoms with Crippen LogP contribution < -0.4 is 5.43 Å². The van der Waals surface area contributed by atoms with Gasteiger partial charge in [0.1, 0.15) is 0 Å². The second kappa shape index (κ2) is 10.4. The molecule has 0 atom stereocenters. The summed E-state index contributed by atoms with van der Waals surface area (Å²) in [6.07, 6.45) is 0.433. The SMILES string of the molecule is CCc1c(C(=O)N(CC)NC(=O)C(=O)O)nn(-c2ccc(Cl)cc2Cl)c1-c1ccc(Br)cc1. The predicted molar refractivity (Wildman–Crippen MR) is 129 cm³/mol. The second-order valence-electron chi connectivity index (χ2n) is 6.84. The van der Waals surface area contributed by atoms with Crippen LogP contribution in [-0.4, -0.2) is 44.2 Å². The minimum atomic E-state index is -1.70. The molecule has 2 N–H and O–H groups in total. The Hall–Kier alpha value is -2.88. The maximum atomic E-state index is 13.3. The Balaban J connectivity index is 2.23. The van der Waals surface area contributed by atoms with Gasteiger partial charge in [-0.3, -0.25) is 15.0 Å². The molecule has 2 aromatic carbocycles. The van der Waals surface area contributed by atoms with Crippen molar-refractivity contribution >= 4 is 56.9 Å². The fraction of sp³-hybridized carbons (Fsp3) is 0.182. The molecule has 0 aliphatic rings. The number of aliphatic carboxylic acids is 1. The van der Waals surface area contributed by atoms with E-state index in [0.29, 0.717) is 33.4 Å². The van der Waals surface area contributed by atoms with Gasteiger partial charge in [0.15, 0.2) is 5.69 Å². The summed E-state index contributed by atoms with van der Waals surface area (Å²) in [5, 5.41) is 15.1. The highest BCUT2D eigenvalue weighted by Crippen LogP contribution is 2.34. The first-order chi connectivity index (χ1) is 15.7. The van der Waals surface area contributed by atoms with Crippen LogP contribution in [0.25, 0.3) is 16.9 Å². The first-order valence-corrected chi connectivity index (χ1v) is 11.4. The Morgan fingerprint density at radius 2 is 1.79 bits per heavy atom. The molecule has 33 heavy (non-hydrogen) atoms. The van der Waals surface area contributed by atoms with Gasteiger partial charge in [0.2, 0.25) is 0 Å². The number of nitrogens with one attached hydrogen (secondary N) is 1. The van der Waals surface area contributed by atoms with Crippen LogP contribution in [0.4, 0.5) is 0 Å². The van der Waals surface area contributed by atoms with E-state index >= 15 is 0 Å². The van der Waals surface area contributed by atoms with Crippen LogP contribution in [0.5, 0.6) is 0 Å². The van der Waals surface area contributed by atoms with Crippen LogP contribution in [-0.2, 0) is 16.0 Å². The van der Waals surface area contributed by atoms with Crippen molar-refractivity contribution in [2.45, 2.75) is 20.3 Å². The summed E-state index contributed by atoms with van der Waals surface area (Å²) in [5.74, 6) is -3.67. The van der Waals surface area contributed by atoms with Gasteiger partial charge in [0.05, 0.1) is 16.4 Å². The van der Waals surface area contributed by atoms with Gasteiger partial charge in [0, 0.05) is 27.2 Å². The summed E-state index contributed by atoms with van der Waals surface area (Å²) in [5.41, 5.74) is 4.69. The number of rotatable bonds is 5. The number of aromatic nitrogens is 2. The number of amides is 2. The molecular formula is C22H19BrCl2N4O4. The molecular weight excluding hydrogens is 535 g/mol. The van der Waals surface area contributed by atoms with Crippen molar-refractivity contribution in [3.8, 4) is 16.9 Å². The van der Waals surface area contributed by atoms with Gasteiger partial charge >= 0.3 is 11.9 Å². The van der Waals surface area contributed by atoms with Crippen molar-refractivity contribution in [2.75, 3.05) is 6.54 Å². The lowest BCUT2D eigenvalue weighted by atomic mass is 10.0. The van der Waals surface area contributed by atoms with E-state index < -0.39 is 17.8 Å². The second-order valence-corrected chi connectivity index (χ2v) is 8.60. The average Bonchev–Trinajstić information content (AvgIpc) is 3.16. The van der Waals surface area contributed by atoms with E-state index in [9.17, 15) is 14.4 Å². The lowest BCUT2D eigenvalue weighted by Crippen LogP contribution is -2.48. The summed E-state index contributed by atoms with van der Waals surface area (Å²) < 4.78 is 2.44. The Labute approximate surface area is 208 Å². The quantitative estimate of drug-likeness (QED) is 0.350. The maximum absolute atomic E-state index is 13.3. The molecule has 0 fully saturated rings. The number of nitrogens with zero attached hydrogens (tertiary/aromatic N) is 3. The summed E-state index contributed by atoms with van der Waals surface area (Å²) >= 11 is 15.9. The van der Waals surface area contributed by atoms with Crippen molar-refractivity contribution in [1.82, 2.24) is 20.2 Å². The van der Waals surface area contributed by atoms with E-state index in [-0.39, 0.29) is 12.2 Å². The summed E-state index contributed by atoms with van der Waals surface area (Å²) in [6, 6.07) is 12.4. The van der Waals surface area contributed by atoms with Crippen LogP contribution >= 0.6 is 39.1 Å². The number of hydrazine groups is 1. The van der Waals surface area contributed by atoms with Crippen molar-refractivity contribution < 1.29 is 19.5 Å². The normalized spacial score (nSPS) is 10.7. The van der Waals surface area contributed by atoms with Crippen molar-refractivity contribution in [1.29, 1.82) is 0 Å². The highest BCUT2D eigenvalue weighted by atomic mass is 79.9. The largest absolute Gasteiger partial charge is 0.474 e. The molecule has 172 valence electrons. The minimum absolute atomic E-state index is 0.0309. The molecule has 0 aliphatic heterocycles. The van der Waals surface area contributed by atoms with Crippen LogP contribution in [0.2, 0.25) is 10.0 Å². The van der Waals surface area contributed by atoms with Gasteiger partial charge in [-0.15, -0.1) is 0 Å². The van der Waals surface area contributed by atoms with Gasteiger partial charge in [-0.2, -0.15) is 5.10 Å². The monoisotopic (exact) mass is 552 g/mol. The van der Waals surface area contributed by atoms with Gasteiger partial charge < -0.3 is 5.11 Å². The average molecular weight is 554 g/mol. The number of halogens is 3. The standard InChI is InChI=1S/C22H19BrCl2N4O4/c1-3-15-18(21(31)28(4-2)27-20(30)22(32)33)26-29(17-10-9-14(24)11-16(17)25)19(15)12-5-7-13(23)8-6-12/h5-11H,3-4H2,1-2H3,(H,27,30)(H,32,33). The number of carbonyl (C=O) groups is 3. The summed E-state index contributed by atoms with van der Waals surface area (Å²) in [7, 11) is 0. The third kappa shape index (κ3) is 5.21. The Morgan fingerprint density at radius 3 is 2.33 bits per heavy atom. The molecule has 8 nitrogen and oxygen atoms in total. The number of carboxylic acids is 1. The van der Waals surface area contributed by atoms with E-state index in [1.54, 1.807) is 29.8 Å². The third-order valence-corrected chi connectivity index (χ3v) is 5.85. The third-order valence-electron chi connectivity index (χ3n) is 4.79. The Bertz CT molecular complexity index is 1230. The predicted octanol–water partition coefficient (Wildman–Crippen LogP) is 4.75. The van der Waals surface area contributed by atoms with Crippen LogP contribution in [0.1, 0.15) is 29.9 Å². The van der Waals surface area contributed by atoms with Gasteiger partial charge in [0.25, 0.3) is 5.91 Å². The lowest BCUT2D eigenvalue weighted by molar-refractivity contribution is -0.152. The highest BCUT2D eigenvalue weighted by Gasteiger charge is 2.29. The Morgan fingerprint density at radius 1 is 1.12 bits per heavy atom. The molecule has 0 aliphatic carbocycles. The fourth-order valence-electron chi connectivity index (χ4n) is 3.26. The molecule has 0 spiro atoms.